The topological polar surface area (TPSA) is 32.7 Å². The second kappa shape index (κ2) is 8.57. The number of aliphatic hydroxyl groups excluding tert-OH is 1. The van der Waals surface area contributed by atoms with Crippen molar-refractivity contribution in [2.24, 2.45) is 0 Å². The van der Waals surface area contributed by atoms with E-state index in [-0.39, 0.29) is 0 Å². The zero-order valence-electron chi connectivity index (χ0n) is 13.4. The van der Waals surface area contributed by atoms with Crippen molar-refractivity contribution >= 4 is 0 Å². The van der Waals surface area contributed by atoms with Crippen molar-refractivity contribution in [3.63, 3.8) is 0 Å². The first kappa shape index (κ1) is 16.5. The van der Waals surface area contributed by atoms with Crippen LogP contribution in [-0.4, -0.2) is 35.3 Å². The molecule has 0 saturated heterocycles. The van der Waals surface area contributed by atoms with Gasteiger partial charge in [0.25, 0.3) is 0 Å². The SMILES string of the molecule is CC(C)N(Cc1ccccc1)C[C@@H](O)COc1ccccc1. The van der Waals surface area contributed by atoms with E-state index in [1.165, 1.54) is 5.56 Å². The minimum absolute atomic E-state index is 0.308. The van der Waals surface area contributed by atoms with Gasteiger partial charge in [-0.05, 0) is 31.5 Å². The van der Waals surface area contributed by atoms with Gasteiger partial charge in [0, 0.05) is 19.1 Å². The van der Waals surface area contributed by atoms with Crippen molar-refractivity contribution in [2.45, 2.75) is 32.5 Å². The fourth-order valence-electron chi connectivity index (χ4n) is 2.31. The predicted molar refractivity (Wildman–Crippen MR) is 89.9 cm³/mol. The molecule has 0 aliphatic carbocycles. The van der Waals surface area contributed by atoms with E-state index in [1.54, 1.807) is 0 Å². The Kier molecular flexibility index (Phi) is 6.44. The largest absolute Gasteiger partial charge is 0.491 e. The summed E-state index contributed by atoms with van der Waals surface area (Å²) in [5, 5.41) is 10.2. The molecule has 0 aromatic heterocycles. The molecule has 2 aromatic rings. The Morgan fingerprint density at radius 3 is 2.14 bits per heavy atom. The summed E-state index contributed by atoms with van der Waals surface area (Å²) in [6, 6.07) is 20.3. The van der Waals surface area contributed by atoms with Crippen LogP contribution in [0.5, 0.6) is 5.75 Å². The van der Waals surface area contributed by atoms with Crippen molar-refractivity contribution in [3.8, 4) is 5.75 Å². The Hall–Kier alpha value is -1.84. The van der Waals surface area contributed by atoms with Crippen molar-refractivity contribution < 1.29 is 9.84 Å². The van der Waals surface area contributed by atoms with Gasteiger partial charge in [0.2, 0.25) is 0 Å². The zero-order chi connectivity index (χ0) is 15.8. The van der Waals surface area contributed by atoms with Gasteiger partial charge in [0.1, 0.15) is 18.5 Å². The van der Waals surface area contributed by atoms with Crippen LogP contribution in [0.3, 0.4) is 0 Å². The molecule has 0 unspecified atom stereocenters. The van der Waals surface area contributed by atoms with Crippen LogP contribution < -0.4 is 4.74 Å². The molecule has 22 heavy (non-hydrogen) atoms. The van der Waals surface area contributed by atoms with Crippen molar-refractivity contribution in [1.29, 1.82) is 0 Å². The third-order valence-electron chi connectivity index (χ3n) is 3.59. The van der Waals surface area contributed by atoms with Gasteiger partial charge >= 0.3 is 0 Å². The average molecular weight is 299 g/mol. The highest BCUT2D eigenvalue weighted by atomic mass is 16.5. The fourth-order valence-corrected chi connectivity index (χ4v) is 2.31. The Bertz CT molecular complexity index is 528. The van der Waals surface area contributed by atoms with E-state index >= 15 is 0 Å². The monoisotopic (exact) mass is 299 g/mol. The lowest BCUT2D eigenvalue weighted by Crippen LogP contribution is -2.39. The number of nitrogens with zero attached hydrogens (tertiary/aromatic N) is 1. The van der Waals surface area contributed by atoms with Crippen molar-refractivity contribution in [3.05, 3.63) is 66.2 Å². The summed E-state index contributed by atoms with van der Waals surface area (Å²) < 4.78 is 5.62. The maximum Gasteiger partial charge on any atom is 0.119 e. The number of rotatable bonds is 8. The lowest BCUT2D eigenvalue weighted by molar-refractivity contribution is 0.0543. The fraction of sp³-hybridized carbons (Fsp3) is 0.368. The Labute approximate surface area is 133 Å². The zero-order valence-corrected chi connectivity index (χ0v) is 13.4. The molecular formula is C19H25NO2. The van der Waals surface area contributed by atoms with Gasteiger partial charge in [-0.25, -0.2) is 0 Å². The van der Waals surface area contributed by atoms with Gasteiger partial charge in [0.15, 0.2) is 0 Å². The first-order valence-corrected chi connectivity index (χ1v) is 7.79. The number of para-hydroxylation sites is 1. The van der Waals surface area contributed by atoms with E-state index in [4.69, 9.17) is 4.74 Å². The van der Waals surface area contributed by atoms with E-state index in [9.17, 15) is 5.11 Å². The summed E-state index contributed by atoms with van der Waals surface area (Å²) in [6.45, 7) is 6.03. The van der Waals surface area contributed by atoms with E-state index in [2.05, 4.69) is 30.9 Å². The minimum Gasteiger partial charge on any atom is -0.491 e. The summed E-state index contributed by atoms with van der Waals surface area (Å²) in [7, 11) is 0. The standard InChI is InChI=1S/C19H25NO2/c1-16(2)20(13-17-9-5-3-6-10-17)14-18(21)15-22-19-11-7-4-8-12-19/h3-12,16,18,21H,13-15H2,1-2H3/t18-/m1/s1. The van der Waals surface area contributed by atoms with E-state index in [0.29, 0.717) is 19.2 Å². The average Bonchev–Trinajstić information content (AvgIpc) is 2.54. The second-order valence-corrected chi connectivity index (χ2v) is 5.79. The van der Waals surface area contributed by atoms with Gasteiger partial charge in [-0.1, -0.05) is 48.5 Å². The summed E-state index contributed by atoms with van der Waals surface area (Å²) in [4.78, 5) is 2.26. The third kappa shape index (κ3) is 5.51. The summed E-state index contributed by atoms with van der Waals surface area (Å²) >= 11 is 0. The molecule has 3 heteroatoms. The number of benzene rings is 2. The normalized spacial score (nSPS) is 12.6. The van der Waals surface area contributed by atoms with Crippen molar-refractivity contribution in [1.82, 2.24) is 4.90 Å². The van der Waals surface area contributed by atoms with Gasteiger partial charge in [-0.15, -0.1) is 0 Å². The van der Waals surface area contributed by atoms with E-state index < -0.39 is 6.10 Å². The second-order valence-electron chi connectivity index (χ2n) is 5.79. The highest BCUT2D eigenvalue weighted by Gasteiger charge is 2.15. The molecule has 118 valence electrons. The van der Waals surface area contributed by atoms with E-state index in [0.717, 1.165) is 12.3 Å². The number of hydrogen-bond acceptors (Lipinski definition) is 3. The number of ether oxygens (including phenoxy) is 1. The van der Waals surface area contributed by atoms with Gasteiger partial charge < -0.3 is 9.84 Å². The van der Waals surface area contributed by atoms with Gasteiger partial charge in [-0.2, -0.15) is 0 Å². The maximum atomic E-state index is 10.2. The molecule has 1 atom stereocenters. The molecule has 0 aliphatic rings. The molecule has 3 nitrogen and oxygen atoms in total. The maximum absolute atomic E-state index is 10.2. The van der Waals surface area contributed by atoms with Crippen LogP contribution in [0.15, 0.2) is 60.7 Å². The summed E-state index contributed by atoms with van der Waals surface area (Å²) in [5.74, 6) is 0.792. The first-order valence-electron chi connectivity index (χ1n) is 7.79. The van der Waals surface area contributed by atoms with E-state index in [1.807, 2.05) is 48.5 Å². The summed E-state index contributed by atoms with van der Waals surface area (Å²) in [5.41, 5.74) is 1.26. The Morgan fingerprint density at radius 1 is 0.955 bits per heavy atom. The minimum atomic E-state index is -0.508. The molecule has 0 aliphatic heterocycles. The van der Waals surface area contributed by atoms with Crippen LogP contribution in [0.1, 0.15) is 19.4 Å². The number of aliphatic hydroxyl groups is 1. The van der Waals surface area contributed by atoms with Crippen LogP contribution in [-0.2, 0) is 6.54 Å². The van der Waals surface area contributed by atoms with Crippen LogP contribution in [0.25, 0.3) is 0 Å². The molecule has 0 saturated carbocycles. The number of hydrogen-bond donors (Lipinski definition) is 1. The lowest BCUT2D eigenvalue weighted by Gasteiger charge is -2.28. The highest BCUT2D eigenvalue weighted by molar-refractivity contribution is 5.21. The molecule has 1 N–H and O–H groups in total. The lowest BCUT2D eigenvalue weighted by atomic mass is 10.1. The quantitative estimate of drug-likeness (QED) is 0.811. The Balaban J connectivity index is 1.85. The predicted octanol–water partition coefficient (Wildman–Crippen LogP) is 3.34. The summed E-state index contributed by atoms with van der Waals surface area (Å²) in [6.07, 6.45) is -0.508. The van der Waals surface area contributed by atoms with Gasteiger partial charge in [-0.3, -0.25) is 4.90 Å². The van der Waals surface area contributed by atoms with Crippen molar-refractivity contribution in [2.75, 3.05) is 13.2 Å². The van der Waals surface area contributed by atoms with Crippen LogP contribution >= 0.6 is 0 Å². The molecule has 2 rings (SSSR count). The molecule has 0 bridgehead atoms. The highest BCUT2D eigenvalue weighted by Crippen LogP contribution is 2.11. The van der Waals surface area contributed by atoms with Crippen LogP contribution in [0, 0.1) is 0 Å². The third-order valence-corrected chi connectivity index (χ3v) is 3.59. The first-order chi connectivity index (χ1) is 10.6. The Morgan fingerprint density at radius 2 is 1.55 bits per heavy atom. The molecule has 2 aromatic carbocycles. The molecular weight excluding hydrogens is 274 g/mol. The van der Waals surface area contributed by atoms with Gasteiger partial charge in [0.05, 0.1) is 0 Å². The molecule has 0 radical (unpaired) electrons. The molecule has 0 spiro atoms. The van der Waals surface area contributed by atoms with Crippen LogP contribution in [0.2, 0.25) is 0 Å². The van der Waals surface area contributed by atoms with Crippen LogP contribution in [0.4, 0.5) is 0 Å². The molecule has 0 amide bonds. The smallest absolute Gasteiger partial charge is 0.119 e. The molecule has 0 heterocycles. The molecule has 0 fully saturated rings.